The van der Waals surface area contributed by atoms with Crippen LogP contribution < -0.4 is 5.32 Å². The first-order chi connectivity index (χ1) is 14.0. The molecule has 0 aliphatic heterocycles. The molecule has 1 amide bonds. The van der Waals surface area contributed by atoms with Crippen molar-refractivity contribution < 1.29 is 24.6 Å². The Balaban J connectivity index is 3.57. The van der Waals surface area contributed by atoms with Gasteiger partial charge in [0, 0.05) is 6.42 Å². The molecule has 6 heteroatoms. The molecule has 0 aromatic rings. The normalized spacial score (nSPS) is 12.2. The number of aliphatic carboxylic acids is 2. The van der Waals surface area contributed by atoms with Crippen molar-refractivity contribution in [3.63, 3.8) is 0 Å². The maximum absolute atomic E-state index is 11.7. The fraction of sp³-hybridized carbons (Fsp3) is 0.783. The van der Waals surface area contributed by atoms with Crippen LogP contribution in [-0.2, 0) is 14.4 Å². The van der Waals surface area contributed by atoms with Crippen molar-refractivity contribution in [1.29, 1.82) is 0 Å². The van der Waals surface area contributed by atoms with Gasteiger partial charge in [0.25, 0.3) is 0 Å². The number of hydrogen-bond donors (Lipinski definition) is 3. The first-order valence-electron chi connectivity index (χ1n) is 11.4. The highest BCUT2D eigenvalue weighted by molar-refractivity contribution is 5.91. The molecule has 0 spiro atoms. The monoisotopic (exact) mass is 411 g/mol. The van der Waals surface area contributed by atoms with Gasteiger partial charge < -0.3 is 15.5 Å². The van der Waals surface area contributed by atoms with Crippen LogP contribution in [0.1, 0.15) is 110 Å². The SMILES string of the molecule is CCCCCCCCCCCCCCCC=CC(=O)N[C@@H](CCC(=O)O)C(=O)O. The van der Waals surface area contributed by atoms with Crippen molar-refractivity contribution in [3.05, 3.63) is 12.2 Å². The summed E-state index contributed by atoms with van der Waals surface area (Å²) in [6.07, 6.45) is 20.3. The first-order valence-corrected chi connectivity index (χ1v) is 11.4. The Bertz CT molecular complexity index is 476. The number of carboxylic acids is 2. The highest BCUT2D eigenvalue weighted by atomic mass is 16.4. The van der Waals surface area contributed by atoms with Gasteiger partial charge >= 0.3 is 11.9 Å². The summed E-state index contributed by atoms with van der Waals surface area (Å²) in [5, 5.41) is 20.0. The Labute approximate surface area is 176 Å². The predicted molar refractivity (Wildman–Crippen MR) is 116 cm³/mol. The molecule has 0 radical (unpaired) electrons. The number of hydrogen-bond acceptors (Lipinski definition) is 3. The second-order valence-electron chi connectivity index (χ2n) is 7.77. The van der Waals surface area contributed by atoms with Crippen LogP contribution >= 0.6 is 0 Å². The third-order valence-electron chi connectivity index (χ3n) is 5.01. The Hall–Kier alpha value is -1.85. The molecule has 0 fully saturated rings. The van der Waals surface area contributed by atoms with Crippen molar-refractivity contribution in [3.8, 4) is 0 Å². The van der Waals surface area contributed by atoms with Gasteiger partial charge in [-0.05, 0) is 25.3 Å². The molecule has 0 heterocycles. The molecule has 0 aliphatic carbocycles. The highest BCUT2D eigenvalue weighted by Gasteiger charge is 2.19. The van der Waals surface area contributed by atoms with E-state index >= 15 is 0 Å². The summed E-state index contributed by atoms with van der Waals surface area (Å²) in [7, 11) is 0. The zero-order chi connectivity index (χ0) is 21.7. The summed E-state index contributed by atoms with van der Waals surface area (Å²) in [5.74, 6) is -2.79. The summed E-state index contributed by atoms with van der Waals surface area (Å²) >= 11 is 0. The van der Waals surface area contributed by atoms with Crippen molar-refractivity contribution in [2.45, 2.75) is 116 Å². The van der Waals surface area contributed by atoms with E-state index in [4.69, 9.17) is 10.2 Å². The highest BCUT2D eigenvalue weighted by Crippen LogP contribution is 2.13. The van der Waals surface area contributed by atoms with Gasteiger partial charge in [-0.1, -0.05) is 90.0 Å². The summed E-state index contributed by atoms with van der Waals surface area (Å²) in [4.78, 5) is 33.3. The molecule has 168 valence electrons. The van der Waals surface area contributed by atoms with Crippen molar-refractivity contribution in [2.75, 3.05) is 0 Å². The van der Waals surface area contributed by atoms with Crippen molar-refractivity contribution >= 4 is 17.8 Å². The molecule has 6 nitrogen and oxygen atoms in total. The van der Waals surface area contributed by atoms with Gasteiger partial charge in [-0.3, -0.25) is 9.59 Å². The van der Waals surface area contributed by atoms with E-state index in [1.54, 1.807) is 6.08 Å². The zero-order valence-electron chi connectivity index (χ0n) is 18.2. The minimum absolute atomic E-state index is 0.122. The van der Waals surface area contributed by atoms with Crippen LogP contribution in [0.5, 0.6) is 0 Å². The van der Waals surface area contributed by atoms with E-state index in [1.807, 2.05) is 0 Å². The van der Waals surface area contributed by atoms with Crippen LogP contribution in [0.15, 0.2) is 12.2 Å². The van der Waals surface area contributed by atoms with Gasteiger partial charge in [0.15, 0.2) is 0 Å². The summed E-state index contributed by atoms with van der Waals surface area (Å²) < 4.78 is 0. The average molecular weight is 412 g/mol. The lowest BCUT2D eigenvalue weighted by Gasteiger charge is -2.11. The van der Waals surface area contributed by atoms with E-state index in [2.05, 4.69) is 12.2 Å². The number of amides is 1. The smallest absolute Gasteiger partial charge is 0.326 e. The lowest BCUT2D eigenvalue weighted by Crippen LogP contribution is -2.40. The molecule has 0 saturated carbocycles. The molecular weight excluding hydrogens is 370 g/mol. The molecule has 3 N–H and O–H groups in total. The van der Waals surface area contributed by atoms with E-state index in [-0.39, 0.29) is 12.8 Å². The molecule has 0 saturated heterocycles. The number of allylic oxidation sites excluding steroid dienone is 1. The van der Waals surface area contributed by atoms with E-state index in [1.165, 1.54) is 76.7 Å². The summed E-state index contributed by atoms with van der Waals surface area (Å²) in [5.41, 5.74) is 0. The van der Waals surface area contributed by atoms with Gasteiger partial charge in [0.05, 0.1) is 0 Å². The number of unbranched alkanes of at least 4 members (excludes halogenated alkanes) is 13. The minimum Gasteiger partial charge on any atom is -0.481 e. The van der Waals surface area contributed by atoms with Gasteiger partial charge in [-0.25, -0.2) is 4.79 Å². The second kappa shape index (κ2) is 19.5. The molecule has 29 heavy (non-hydrogen) atoms. The third-order valence-corrected chi connectivity index (χ3v) is 5.01. The molecule has 0 aromatic carbocycles. The Morgan fingerprint density at radius 3 is 1.72 bits per heavy atom. The lowest BCUT2D eigenvalue weighted by atomic mass is 10.0. The molecule has 1 atom stereocenters. The molecule has 0 aromatic heterocycles. The average Bonchev–Trinajstić information content (AvgIpc) is 2.67. The second-order valence-corrected chi connectivity index (χ2v) is 7.77. The minimum atomic E-state index is -1.22. The number of carbonyl (C=O) groups excluding carboxylic acids is 1. The topological polar surface area (TPSA) is 104 Å². The van der Waals surface area contributed by atoms with Crippen LogP contribution in [0.2, 0.25) is 0 Å². The molecule has 0 rings (SSSR count). The van der Waals surface area contributed by atoms with Gasteiger partial charge in [-0.2, -0.15) is 0 Å². The number of carbonyl (C=O) groups is 3. The van der Waals surface area contributed by atoms with Crippen LogP contribution in [0.3, 0.4) is 0 Å². The molecular formula is C23H41NO5. The van der Waals surface area contributed by atoms with E-state index < -0.39 is 23.9 Å². The van der Waals surface area contributed by atoms with Crippen molar-refractivity contribution in [2.24, 2.45) is 0 Å². The van der Waals surface area contributed by atoms with E-state index in [0.29, 0.717) is 0 Å². The number of rotatable bonds is 20. The maximum Gasteiger partial charge on any atom is 0.326 e. The number of nitrogens with one attached hydrogen (secondary N) is 1. The zero-order valence-corrected chi connectivity index (χ0v) is 18.2. The molecule has 0 unspecified atom stereocenters. The largest absolute Gasteiger partial charge is 0.481 e. The van der Waals surface area contributed by atoms with Gasteiger partial charge in [-0.15, -0.1) is 0 Å². The molecule has 0 aliphatic rings. The van der Waals surface area contributed by atoms with Gasteiger partial charge in [0.1, 0.15) is 6.04 Å². The first kappa shape index (κ1) is 27.1. The summed E-state index contributed by atoms with van der Waals surface area (Å²) in [6, 6.07) is -1.17. The lowest BCUT2D eigenvalue weighted by molar-refractivity contribution is -0.142. The summed E-state index contributed by atoms with van der Waals surface area (Å²) in [6.45, 7) is 2.25. The molecule has 0 bridgehead atoms. The maximum atomic E-state index is 11.7. The Kier molecular flexibility index (Phi) is 18.2. The van der Waals surface area contributed by atoms with Crippen LogP contribution in [0.4, 0.5) is 0 Å². The van der Waals surface area contributed by atoms with Crippen LogP contribution in [0.25, 0.3) is 0 Å². The predicted octanol–water partition coefficient (Wildman–Crippen LogP) is 5.46. The fourth-order valence-electron chi connectivity index (χ4n) is 3.22. The number of carboxylic acid groups (broad SMARTS) is 2. The fourth-order valence-corrected chi connectivity index (χ4v) is 3.22. The quantitative estimate of drug-likeness (QED) is 0.182. The van der Waals surface area contributed by atoms with E-state index in [9.17, 15) is 14.4 Å². The van der Waals surface area contributed by atoms with E-state index in [0.717, 1.165) is 19.3 Å². The van der Waals surface area contributed by atoms with Crippen molar-refractivity contribution in [1.82, 2.24) is 5.32 Å². The van der Waals surface area contributed by atoms with Crippen LogP contribution in [-0.4, -0.2) is 34.1 Å². The Morgan fingerprint density at radius 1 is 0.793 bits per heavy atom. The van der Waals surface area contributed by atoms with Crippen LogP contribution in [0, 0.1) is 0 Å². The standard InChI is InChI=1S/C23H41NO5/c1-2-3-4-5-6-7-8-9-10-11-12-13-14-15-16-17-21(25)24-20(23(28)29)18-19-22(26)27/h16-17,20H,2-15,18-19H2,1H3,(H,24,25)(H,26,27)(H,28,29)/t20-/m0/s1. The third kappa shape index (κ3) is 19.2. The Morgan fingerprint density at radius 2 is 1.28 bits per heavy atom. The van der Waals surface area contributed by atoms with Gasteiger partial charge in [0.2, 0.25) is 5.91 Å².